The third-order valence-electron chi connectivity index (χ3n) is 4.21. The van der Waals surface area contributed by atoms with Crippen LogP contribution in [0.2, 0.25) is 0 Å². The first-order valence-corrected chi connectivity index (χ1v) is 8.04. The van der Waals surface area contributed by atoms with Crippen molar-refractivity contribution >= 4 is 17.8 Å². The maximum absolute atomic E-state index is 12.1. The molecule has 1 unspecified atom stereocenters. The average molecular weight is 319 g/mol. The van der Waals surface area contributed by atoms with Crippen LogP contribution in [-0.4, -0.2) is 49.3 Å². The van der Waals surface area contributed by atoms with E-state index in [2.05, 4.69) is 5.32 Å². The number of carbonyl (C=O) groups is 2. The van der Waals surface area contributed by atoms with Crippen molar-refractivity contribution in [1.82, 2.24) is 10.2 Å². The number of aryl methyl sites for hydroxylation is 2. The van der Waals surface area contributed by atoms with Gasteiger partial charge in [-0.2, -0.15) is 0 Å². The Hall–Kier alpha value is -2.24. The van der Waals surface area contributed by atoms with Crippen molar-refractivity contribution in [2.75, 3.05) is 31.1 Å². The lowest BCUT2D eigenvalue weighted by atomic mass is 10.1. The predicted molar refractivity (Wildman–Crippen MR) is 89.9 cm³/mol. The third-order valence-corrected chi connectivity index (χ3v) is 4.21. The van der Waals surface area contributed by atoms with E-state index in [1.165, 1.54) is 5.56 Å². The third kappa shape index (κ3) is 3.94. The molecule has 1 aliphatic heterocycles. The van der Waals surface area contributed by atoms with Gasteiger partial charge in [-0.3, -0.25) is 4.90 Å². The summed E-state index contributed by atoms with van der Waals surface area (Å²) >= 11 is 0. The van der Waals surface area contributed by atoms with Gasteiger partial charge in [0.05, 0.1) is 13.1 Å². The number of carbonyl (C=O) groups excluding carboxylic acids is 2. The van der Waals surface area contributed by atoms with E-state index in [1.807, 2.05) is 45.9 Å². The largest absolute Gasteiger partial charge is 0.442 e. The molecule has 0 aromatic heterocycles. The topological polar surface area (TPSA) is 61.9 Å². The Bertz CT molecular complexity index is 584. The maximum atomic E-state index is 12.1. The van der Waals surface area contributed by atoms with E-state index in [0.29, 0.717) is 26.2 Å². The predicted octanol–water partition coefficient (Wildman–Crippen LogP) is 2.68. The van der Waals surface area contributed by atoms with E-state index in [0.717, 1.165) is 11.3 Å². The zero-order valence-corrected chi connectivity index (χ0v) is 14.3. The van der Waals surface area contributed by atoms with Crippen molar-refractivity contribution in [3.05, 3.63) is 29.3 Å². The molecule has 3 amide bonds. The molecule has 2 rings (SSSR count). The lowest BCUT2D eigenvalue weighted by Crippen LogP contribution is -2.43. The van der Waals surface area contributed by atoms with Crippen molar-refractivity contribution in [2.45, 2.75) is 33.8 Å². The number of anilines is 1. The summed E-state index contributed by atoms with van der Waals surface area (Å²) in [6.07, 6.45) is -0.695. The first-order chi connectivity index (χ1) is 11.0. The van der Waals surface area contributed by atoms with Crippen LogP contribution < -0.4 is 10.2 Å². The Labute approximate surface area is 137 Å². The Balaban J connectivity index is 1.94. The fraction of sp³-hybridized carbons (Fsp3) is 0.529. The highest BCUT2D eigenvalue weighted by atomic mass is 16.6. The molecular formula is C17H25N3O3. The molecule has 1 N–H and O–H groups in total. The molecule has 23 heavy (non-hydrogen) atoms. The van der Waals surface area contributed by atoms with Crippen molar-refractivity contribution in [2.24, 2.45) is 0 Å². The summed E-state index contributed by atoms with van der Waals surface area (Å²) in [5.74, 6) is 0. The van der Waals surface area contributed by atoms with Crippen molar-refractivity contribution < 1.29 is 14.3 Å². The molecule has 1 aromatic carbocycles. The zero-order chi connectivity index (χ0) is 17.0. The molecule has 6 heteroatoms. The van der Waals surface area contributed by atoms with Crippen LogP contribution in [0.5, 0.6) is 0 Å². The highest BCUT2D eigenvalue weighted by Gasteiger charge is 2.32. The second kappa shape index (κ2) is 7.35. The summed E-state index contributed by atoms with van der Waals surface area (Å²) in [4.78, 5) is 27.3. The van der Waals surface area contributed by atoms with Crippen molar-refractivity contribution in [3.63, 3.8) is 0 Å². The van der Waals surface area contributed by atoms with E-state index in [9.17, 15) is 9.59 Å². The fourth-order valence-corrected chi connectivity index (χ4v) is 2.56. The van der Waals surface area contributed by atoms with E-state index in [4.69, 9.17) is 4.74 Å². The summed E-state index contributed by atoms with van der Waals surface area (Å²) in [5, 5.41) is 2.82. The number of benzene rings is 1. The standard InChI is InChI=1S/C17H25N3O3/c1-5-19(6-2)16(21)18-10-15-11-20(17(22)23-15)14-8-7-12(3)13(4)9-14/h7-9,15H,5-6,10-11H2,1-4H3,(H,18,21). The highest BCUT2D eigenvalue weighted by molar-refractivity contribution is 5.90. The summed E-state index contributed by atoms with van der Waals surface area (Å²) in [6.45, 7) is 9.99. The van der Waals surface area contributed by atoms with Gasteiger partial charge in [-0.15, -0.1) is 0 Å². The first kappa shape index (κ1) is 17.1. The van der Waals surface area contributed by atoms with Crippen LogP contribution in [0.25, 0.3) is 0 Å². The van der Waals surface area contributed by atoms with E-state index < -0.39 is 0 Å². The summed E-state index contributed by atoms with van der Waals surface area (Å²) in [7, 11) is 0. The van der Waals surface area contributed by atoms with Crippen LogP contribution in [0.15, 0.2) is 18.2 Å². The maximum Gasteiger partial charge on any atom is 0.414 e. The second-order valence-electron chi connectivity index (χ2n) is 5.74. The van der Waals surface area contributed by atoms with Gasteiger partial charge in [0.15, 0.2) is 0 Å². The molecule has 1 aromatic rings. The Morgan fingerprint density at radius 3 is 2.61 bits per heavy atom. The number of ether oxygens (including phenoxy) is 1. The quantitative estimate of drug-likeness (QED) is 0.907. The van der Waals surface area contributed by atoms with E-state index in [1.54, 1.807) is 9.80 Å². The van der Waals surface area contributed by atoms with Gasteiger partial charge in [0, 0.05) is 18.8 Å². The minimum atomic E-state index is -0.365. The molecule has 6 nitrogen and oxygen atoms in total. The van der Waals surface area contributed by atoms with E-state index >= 15 is 0 Å². The second-order valence-corrected chi connectivity index (χ2v) is 5.74. The number of nitrogens with one attached hydrogen (secondary N) is 1. The number of rotatable bonds is 5. The van der Waals surface area contributed by atoms with Crippen LogP contribution in [-0.2, 0) is 4.74 Å². The summed E-state index contributed by atoms with van der Waals surface area (Å²) in [5.41, 5.74) is 3.15. The highest BCUT2D eigenvalue weighted by Crippen LogP contribution is 2.23. The van der Waals surface area contributed by atoms with Crippen LogP contribution in [0.4, 0.5) is 15.3 Å². The normalized spacial score (nSPS) is 17.1. The molecule has 0 aliphatic carbocycles. The first-order valence-electron chi connectivity index (χ1n) is 8.04. The van der Waals surface area contributed by atoms with Crippen LogP contribution in [0.3, 0.4) is 0 Å². The number of cyclic esters (lactones) is 1. The van der Waals surface area contributed by atoms with Gasteiger partial charge in [0.1, 0.15) is 6.10 Å². The molecule has 1 saturated heterocycles. The molecule has 1 atom stereocenters. The van der Waals surface area contributed by atoms with Gasteiger partial charge >= 0.3 is 12.1 Å². The Kier molecular flexibility index (Phi) is 5.47. The van der Waals surface area contributed by atoms with Crippen LogP contribution in [0, 0.1) is 13.8 Å². The molecule has 0 bridgehead atoms. The Morgan fingerprint density at radius 1 is 1.30 bits per heavy atom. The minimum absolute atomic E-state index is 0.129. The van der Waals surface area contributed by atoms with Gasteiger partial charge in [0.2, 0.25) is 0 Å². The smallest absolute Gasteiger partial charge is 0.414 e. The number of nitrogens with zero attached hydrogens (tertiary/aromatic N) is 2. The monoisotopic (exact) mass is 319 g/mol. The summed E-state index contributed by atoms with van der Waals surface area (Å²) in [6, 6.07) is 5.76. The van der Waals surface area contributed by atoms with Gasteiger partial charge in [-0.1, -0.05) is 6.07 Å². The van der Waals surface area contributed by atoms with Crippen molar-refractivity contribution in [1.29, 1.82) is 0 Å². The molecule has 0 spiro atoms. The van der Waals surface area contributed by atoms with Gasteiger partial charge in [-0.05, 0) is 51.0 Å². The average Bonchev–Trinajstić information content (AvgIpc) is 2.90. The molecule has 1 aliphatic rings. The number of hydrogen-bond acceptors (Lipinski definition) is 3. The molecule has 126 valence electrons. The molecule has 0 saturated carbocycles. The lowest BCUT2D eigenvalue weighted by Gasteiger charge is -2.20. The number of hydrogen-bond donors (Lipinski definition) is 1. The molecule has 1 heterocycles. The van der Waals surface area contributed by atoms with Gasteiger partial charge in [-0.25, -0.2) is 9.59 Å². The van der Waals surface area contributed by atoms with Crippen LogP contribution >= 0.6 is 0 Å². The molecule has 0 radical (unpaired) electrons. The lowest BCUT2D eigenvalue weighted by molar-refractivity contribution is 0.138. The Morgan fingerprint density at radius 2 is 2.00 bits per heavy atom. The SMILES string of the molecule is CCN(CC)C(=O)NCC1CN(c2ccc(C)c(C)c2)C(=O)O1. The molecular weight excluding hydrogens is 294 g/mol. The van der Waals surface area contributed by atoms with E-state index in [-0.39, 0.29) is 18.2 Å². The number of urea groups is 1. The summed E-state index contributed by atoms with van der Waals surface area (Å²) < 4.78 is 5.35. The van der Waals surface area contributed by atoms with Gasteiger partial charge < -0.3 is 15.0 Å². The number of amides is 3. The van der Waals surface area contributed by atoms with Gasteiger partial charge in [0.25, 0.3) is 0 Å². The van der Waals surface area contributed by atoms with Crippen molar-refractivity contribution in [3.8, 4) is 0 Å². The van der Waals surface area contributed by atoms with Crippen LogP contribution in [0.1, 0.15) is 25.0 Å². The zero-order valence-electron chi connectivity index (χ0n) is 14.3. The fourth-order valence-electron chi connectivity index (χ4n) is 2.56. The minimum Gasteiger partial charge on any atom is -0.442 e. The molecule has 1 fully saturated rings.